The third-order valence-electron chi connectivity index (χ3n) is 10.1. The van der Waals surface area contributed by atoms with Gasteiger partial charge in [-0.15, -0.1) is 0 Å². The van der Waals surface area contributed by atoms with Gasteiger partial charge in [0.15, 0.2) is 0 Å². The van der Waals surface area contributed by atoms with E-state index in [2.05, 4.69) is 5.32 Å². The van der Waals surface area contributed by atoms with Crippen molar-refractivity contribution in [1.29, 1.82) is 0 Å². The lowest BCUT2D eigenvalue weighted by Crippen LogP contribution is -2.59. The Morgan fingerprint density at radius 3 is 2.38 bits per heavy atom. The summed E-state index contributed by atoms with van der Waals surface area (Å²) in [6.07, 6.45) is 8.32. The summed E-state index contributed by atoms with van der Waals surface area (Å²) in [5.74, 6) is 1.97. The molecule has 4 fully saturated rings. The quantitative estimate of drug-likeness (QED) is 0.412. The molecule has 4 unspecified atom stereocenters. The van der Waals surface area contributed by atoms with E-state index in [4.69, 9.17) is 4.74 Å². The van der Waals surface area contributed by atoms with Crippen LogP contribution in [0.4, 0.5) is 0 Å². The number of hydrogen-bond donors (Lipinski definition) is 3. The number of aliphatic hydroxyl groups is 2. The minimum Gasteiger partial charge on any atom is -0.486 e. The third-order valence-corrected chi connectivity index (χ3v) is 10.1. The second-order valence-corrected chi connectivity index (χ2v) is 13.2. The number of fused-ring (bicyclic) bond motifs is 3. The molecule has 4 atom stereocenters. The minimum absolute atomic E-state index is 0.0359. The molecule has 2 amide bonds. The van der Waals surface area contributed by atoms with Gasteiger partial charge in [0.2, 0.25) is 11.8 Å². The van der Waals surface area contributed by atoms with Gasteiger partial charge in [0, 0.05) is 37.1 Å². The van der Waals surface area contributed by atoms with Crippen molar-refractivity contribution in [2.75, 3.05) is 19.7 Å². The second kappa shape index (κ2) is 10.9. The van der Waals surface area contributed by atoms with Gasteiger partial charge < -0.3 is 30.0 Å². The van der Waals surface area contributed by atoms with Crippen molar-refractivity contribution < 1.29 is 29.3 Å². The first-order chi connectivity index (χ1) is 19.3. The third kappa shape index (κ3) is 5.09. The normalized spacial score (nSPS) is 34.9. The molecule has 8 heteroatoms. The van der Waals surface area contributed by atoms with Gasteiger partial charge in [0.05, 0.1) is 18.6 Å². The van der Waals surface area contributed by atoms with Crippen LogP contribution in [0.15, 0.2) is 35.9 Å². The van der Waals surface area contributed by atoms with E-state index in [1.807, 2.05) is 29.2 Å². The van der Waals surface area contributed by atoms with Crippen LogP contribution in [-0.2, 0) is 14.4 Å². The number of para-hydroxylation sites is 1. The van der Waals surface area contributed by atoms with E-state index in [0.717, 1.165) is 24.8 Å². The maximum atomic E-state index is 14.0. The molecule has 7 rings (SSSR count). The Morgan fingerprint density at radius 1 is 1.05 bits per heavy atom. The van der Waals surface area contributed by atoms with Crippen LogP contribution in [0, 0.1) is 23.2 Å². The summed E-state index contributed by atoms with van der Waals surface area (Å²) in [4.78, 5) is 40.9. The number of nitrogens with zero attached hydrogens (tertiary/aromatic N) is 1. The van der Waals surface area contributed by atoms with Gasteiger partial charge in [-0.1, -0.05) is 18.2 Å². The summed E-state index contributed by atoms with van der Waals surface area (Å²) >= 11 is 0. The monoisotopic (exact) mass is 550 g/mol. The number of carbonyl (C=O) groups excluding carboxylic acids is 3. The number of ketones is 1. The summed E-state index contributed by atoms with van der Waals surface area (Å²) in [5.41, 5.74) is 1.34. The van der Waals surface area contributed by atoms with E-state index in [0.29, 0.717) is 48.5 Å². The fourth-order valence-corrected chi connectivity index (χ4v) is 9.03. The molecule has 6 aliphatic rings. The van der Waals surface area contributed by atoms with Crippen LogP contribution in [0.25, 0.3) is 0 Å². The van der Waals surface area contributed by atoms with Crippen molar-refractivity contribution in [3.05, 3.63) is 41.5 Å². The zero-order valence-electron chi connectivity index (χ0n) is 23.4. The van der Waals surface area contributed by atoms with Crippen LogP contribution in [0.5, 0.6) is 5.75 Å². The highest BCUT2D eigenvalue weighted by atomic mass is 16.5. The van der Waals surface area contributed by atoms with Gasteiger partial charge in [0.1, 0.15) is 23.7 Å². The summed E-state index contributed by atoms with van der Waals surface area (Å²) in [6, 6.07) is 6.81. The molecule has 1 heterocycles. The molecule has 1 aromatic rings. The lowest BCUT2D eigenvalue weighted by molar-refractivity contribution is -0.145. The Bertz CT molecular complexity index is 1160. The summed E-state index contributed by atoms with van der Waals surface area (Å²) < 4.78 is 6.27. The predicted molar refractivity (Wildman–Crippen MR) is 148 cm³/mol. The molecule has 4 bridgehead atoms. The summed E-state index contributed by atoms with van der Waals surface area (Å²) in [6.45, 7) is 2.03. The standard InChI is InChI=1S/C32H42N2O6/c1-19(36)5-4-8-27(37)34(18-32-15-20-11-21(16-32)13-22(12-20)17-32)25-14-24(31(39)33-9-10-35)28-23-6-2-3-7-26(23)40-30(28)29(25)38/h2-3,6-7,14,20-22,25,28-30,35,38H,4-5,8-13,15-18H2,1H3,(H,33,39). The highest BCUT2D eigenvalue weighted by Gasteiger charge is 2.55. The number of nitrogens with one attached hydrogen (secondary N) is 1. The molecule has 0 radical (unpaired) electrons. The Labute approximate surface area is 236 Å². The number of benzene rings is 1. The first kappa shape index (κ1) is 27.5. The number of ether oxygens (including phenoxy) is 1. The van der Waals surface area contributed by atoms with Gasteiger partial charge in [-0.2, -0.15) is 0 Å². The minimum atomic E-state index is -1.02. The van der Waals surface area contributed by atoms with Crippen LogP contribution in [-0.4, -0.2) is 70.7 Å². The van der Waals surface area contributed by atoms with E-state index in [1.165, 1.54) is 26.2 Å². The van der Waals surface area contributed by atoms with E-state index < -0.39 is 24.2 Å². The van der Waals surface area contributed by atoms with Crippen LogP contribution < -0.4 is 10.1 Å². The molecule has 0 spiro atoms. The molecule has 1 aromatic carbocycles. The zero-order valence-corrected chi connectivity index (χ0v) is 23.4. The molecule has 5 aliphatic carbocycles. The maximum Gasteiger partial charge on any atom is 0.247 e. The topological polar surface area (TPSA) is 116 Å². The molecule has 8 nitrogen and oxygen atoms in total. The SMILES string of the molecule is CC(=O)CCCC(=O)N(CC12CC3CC(CC(C3)C1)C2)C1C=C(C(=O)NCCO)C2c3ccccc3OC2C1O. The molecule has 3 N–H and O–H groups in total. The summed E-state index contributed by atoms with van der Waals surface area (Å²) in [5, 5.41) is 24.0. The first-order valence-corrected chi connectivity index (χ1v) is 15.1. The molecule has 0 saturated heterocycles. The van der Waals surface area contributed by atoms with E-state index in [9.17, 15) is 24.6 Å². The maximum absolute atomic E-state index is 14.0. The van der Waals surface area contributed by atoms with Crippen molar-refractivity contribution in [2.45, 2.75) is 88.9 Å². The highest BCUT2D eigenvalue weighted by molar-refractivity contribution is 5.96. The number of Topliss-reactive ketones (excluding diaryl/α,β-unsaturated/α-hetero) is 1. The van der Waals surface area contributed by atoms with Crippen molar-refractivity contribution in [1.82, 2.24) is 10.2 Å². The van der Waals surface area contributed by atoms with E-state index >= 15 is 0 Å². The zero-order chi connectivity index (χ0) is 28.0. The number of hydrogen-bond acceptors (Lipinski definition) is 6. The Balaban J connectivity index is 1.35. The predicted octanol–water partition coefficient (Wildman–Crippen LogP) is 3.11. The highest BCUT2D eigenvalue weighted by Crippen LogP contribution is 2.60. The van der Waals surface area contributed by atoms with Crippen LogP contribution in [0.2, 0.25) is 0 Å². The Kier molecular flexibility index (Phi) is 7.51. The smallest absolute Gasteiger partial charge is 0.247 e. The Hall–Kier alpha value is -2.71. The van der Waals surface area contributed by atoms with Crippen LogP contribution >= 0.6 is 0 Å². The molecule has 216 valence electrons. The number of rotatable bonds is 10. The lowest BCUT2D eigenvalue weighted by Gasteiger charge is -2.58. The molecule has 40 heavy (non-hydrogen) atoms. The van der Waals surface area contributed by atoms with Gasteiger partial charge in [0.25, 0.3) is 0 Å². The molecular weight excluding hydrogens is 508 g/mol. The van der Waals surface area contributed by atoms with Crippen molar-refractivity contribution >= 4 is 17.6 Å². The average Bonchev–Trinajstić information content (AvgIpc) is 3.30. The van der Waals surface area contributed by atoms with Crippen molar-refractivity contribution in [3.8, 4) is 5.75 Å². The number of amides is 2. The number of carbonyl (C=O) groups is 3. The first-order valence-electron chi connectivity index (χ1n) is 15.1. The Morgan fingerprint density at radius 2 is 1.73 bits per heavy atom. The fourth-order valence-electron chi connectivity index (χ4n) is 9.03. The molecule has 4 saturated carbocycles. The van der Waals surface area contributed by atoms with Gasteiger partial charge in [-0.3, -0.25) is 9.59 Å². The van der Waals surface area contributed by atoms with Crippen LogP contribution in [0.1, 0.15) is 76.2 Å². The lowest BCUT2D eigenvalue weighted by atomic mass is 9.49. The van der Waals surface area contributed by atoms with E-state index in [-0.39, 0.29) is 42.6 Å². The van der Waals surface area contributed by atoms with Gasteiger partial charge in [-0.25, -0.2) is 0 Å². The second-order valence-electron chi connectivity index (χ2n) is 13.2. The van der Waals surface area contributed by atoms with Crippen LogP contribution in [0.3, 0.4) is 0 Å². The van der Waals surface area contributed by atoms with Gasteiger partial charge >= 0.3 is 0 Å². The van der Waals surface area contributed by atoms with Crippen molar-refractivity contribution in [2.24, 2.45) is 23.2 Å². The largest absolute Gasteiger partial charge is 0.486 e. The summed E-state index contributed by atoms with van der Waals surface area (Å²) in [7, 11) is 0. The van der Waals surface area contributed by atoms with E-state index in [1.54, 1.807) is 6.08 Å². The van der Waals surface area contributed by atoms with Gasteiger partial charge in [-0.05, 0) is 87.2 Å². The molecular formula is C32H42N2O6. The van der Waals surface area contributed by atoms with Crippen molar-refractivity contribution in [3.63, 3.8) is 0 Å². The molecule has 1 aliphatic heterocycles. The molecule has 0 aromatic heterocycles. The average molecular weight is 551 g/mol. The fraction of sp³-hybridized carbons (Fsp3) is 0.656. The number of aliphatic hydroxyl groups excluding tert-OH is 2.